The third kappa shape index (κ3) is 4.86. The van der Waals surface area contributed by atoms with Crippen LogP contribution in [0.3, 0.4) is 0 Å². The smallest absolute Gasteiger partial charge is 0.384 e. The average molecular weight is 305 g/mol. The maximum Gasteiger partial charge on any atom is 0.384 e. The van der Waals surface area contributed by atoms with Gasteiger partial charge in [0, 0.05) is 29.7 Å². The van der Waals surface area contributed by atoms with Gasteiger partial charge in [-0.25, -0.2) is 4.79 Å². The summed E-state index contributed by atoms with van der Waals surface area (Å²) in [5, 5.41) is 9.54. The highest BCUT2D eigenvalue weighted by molar-refractivity contribution is 5.87. The van der Waals surface area contributed by atoms with Gasteiger partial charge in [0.15, 0.2) is 5.75 Å². The van der Waals surface area contributed by atoms with Gasteiger partial charge in [0.25, 0.3) is 0 Å². The number of carbonyl (C=O) groups excluding carboxylic acids is 2. The van der Waals surface area contributed by atoms with E-state index in [0.29, 0.717) is 16.8 Å². The molecule has 0 amide bonds. The SMILES string of the molecule is C#CC(=O)OCc1cnc(C)c(OC(=O)CCCC)c1CO. The molecule has 0 saturated carbocycles. The van der Waals surface area contributed by atoms with Crippen molar-refractivity contribution in [3.8, 4) is 18.1 Å². The summed E-state index contributed by atoms with van der Waals surface area (Å²) in [6.45, 7) is 3.12. The van der Waals surface area contributed by atoms with Crippen molar-refractivity contribution in [1.29, 1.82) is 0 Å². The van der Waals surface area contributed by atoms with E-state index in [-0.39, 0.29) is 31.4 Å². The van der Waals surface area contributed by atoms with E-state index in [1.54, 1.807) is 6.92 Å². The molecule has 6 heteroatoms. The lowest BCUT2D eigenvalue weighted by Gasteiger charge is -2.14. The van der Waals surface area contributed by atoms with Crippen molar-refractivity contribution in [2.45, 2.75) is 46.3 Å². The second-order valence-electron chi connectivity index (χ2n) is 4.63. The summed E-state index contributed by atoms with van der Waals surface area (Å²) in [4.78, 5) is 26.9. The molecule has 0 aliphatic rings. The molecule has 0 aliphatic carbocycles. The van der Waals surface area contributed by atoms with Crippen molar-refractivity contribution < 1.29 is 24.2 Å². The van der Waals surface area contributed by atoms with Crippen LogP contribution in [-0.2, 0) is 27.5 Å². The van der Waals surface area contributed by atoms with Crippen LogP contribution in [0.25, 0.3) is 0 Å². The van der Waals surface area contributed by atoms with Gasteiger partial charge in [0.1, 0.15) is 6.61 Å². The number of ether oxygens (including phenoxy) is 2. The van der Waals surface area contributed by atoms with Gasteiger partial charge in [-0.3, -0.25) is 9.78 Å². The minimum Gasteiger partial charge on any atom is -0.451 e. The summed E-state index contributed by atoms with van der Waals surface area (Å²) in [6.07, 6.45) is 8.25. The van der Waals surface area contributed by atoms with E-state index < -0.39 is 5.97 Å². The molecule has 6 nitrogen and oxygen atoms in total. The van der Waals surface area contributed by atoms with Crippen LogP contribution in [0.4, 0.5) is 0 Å². The van der Waals surface area contributed by atoms with Crippen molar-refractivity contribution in [3.05, 3.63) is 23.0 Å². The number of hydrogen-bond acceptors (Lipinski definition) is 6. The van der Waals surface area contributed by atoms with Crippen LogP contribution in [0, 0.1) is 19.3 Å². The number of aryl methyl sites for hydroxylation is 1. The Morgan fingerprint density at radius 2 is 2.18 bits per heavy atom. The van der Waals surface area contributed by atoms with Gasteiger partial charge >= 0.3 is 11.9 Å². The molecule has 0 aliphatic heterocycles. The summed E-state index contributed by atoms with van der Waals surface area (Å²) in [7, 11) is 0. The van der Waals surface area contributed by atoms with Crippen LogP contribution in [0.2, 0.25) is 0 Å². The maximum absolute atomic E-state index is 11.8. The van der Waals surface area contributed by atoms with Gasteiger partial charge in [-0.05, 0) is 13.3 Å². The summed E-state index contributed by atoms with van der Waals surface area (Å²) >= 11 is 0. The zero-order valence-corrected chi connectivity index (χ0v) is 12.7. The van der Waals surface area contributed by atoms with Crippen molar-refractivity contribution in [1.82, 2.24) is 4.98 Å². The first-order valence-corrected chi connectivity index (χ1v) is 6.95. The van der Waals surface area contributed by atoms with Gasteiger partial charge in [0.2, 0.25) is 0 Å². The average Bonchev–Trinajstić information content (AvgIpc) is 2.52. The molecule has 118 valence electrons. The first-order chi connectivity index (χ1) is 10.5. The predicted molar refractivity (Wildman–Crippen MR) is 78.7 cm³/mol. The van der Waals surface area contributed by atoms with Crippen LogP contribution in [0.1, 0.15) is 43.0 Å². The van der Waals surface area contributed by atoms with Crippen molar-refractivity contribution in [3.63, 3.8) is 0 Å². The second-order valence-corrected chi connectivity index (χ2v) is 4.63. The fourth-order valence-corrected chi connectivity index (χ4v) is 1.78. The van der Waals surface area contributed by atoms with Crippen LogP contribution in [-0.4, -0.2) is 22.0 Å². The molecule has 1 N–H and O–H groups in total. The highest BCUT2D eigenvalue weighted by Crippen LogP contribution is 2.26. The number of esters is 2. The maximum atomic E-state index is 11.8. The van der Waals surface area contributed by atoms with Crippen LogP contribution < -0.4 is 4.74 Å². The summed E-state index contributed by atoms with van der Waals surface area (Å²) in [6, 6.07) is 0. The molecule has 1 aromatic rings. The highest BCUT2D eigenvalue weighted by Gasteiger charge is 2.17. The Morgan fingerprint density at radius 1 is 1.45 bits per heavy atom. The molecule has 0 bridgehead atoms. The fraction of sp³-hybridized carbons (Fsp3) is 0.438. The minimum absolute atomic E-state index is 0.147. The molecule has 22 heavy (non-hydrogen) atoms. The van der Waals surface area contributed by atoms with Gasteiger partial charge in [-0.2, -0.15) is 0 Å². The topological polar surface area (TPSA) is 85.7 Å². The molecule has 1 heterocycles. The summed E-state index contributed by atoms with van der Waals surface area (Å²) in [5.41, 5.74) is 1.28. The predicted octanol–water partition coefficient (Wildman–Crippen LogP) is 1.65. The zero-order chi connectivity index (χ0) is 16.5. The lowest BCUT2D eigenvalue weighted by atomic mass is 10.1. The number of unbranched alkanes of at least 4 members (excludes halogenated alkanes) is 1. The molecule has 0 unspecified atom stereocenters. The monoisotopic (exact) mass is 305 g/mol. The fourth-order valence-electron chi connectivity index (χ4n) is 1.78. The number of aromatic nitrogens is 1. The molecule has 0 aromatic carbocycles. The van der Waals surface area contributed by atoms with E-state index in [2.05, 4.69) is 4.98 Å². The molecule has 0 fully saturated rings. The number of aliphatic hydroxyl groups excluding tert-OH is 1. The van der Waals surface area contributed by atoms with E-state index in [9.17, 15) is 14.7 Å². The van der Waals surface area contributed by atoms with E-state index in [4.69, 9.17) is 15.9 Å². The molecule has 0 spiro atoms. The number of rotatable bonds is 7. The van der Waals surface area contributed by atoms with Crippen molar-refractivity contribution >= 4 is 11.9 Å². The quantitative estimate of drug-likeness (QED) is 0.468. The first kappa shape index (κ1) is 17.7. The van der Waals surface area contributed by atoms with Gasteiger partial charge in [0.05, 0.1) is 12.3 Å². The molecule has 1 rings (SSSR count). The third-order valence-corrected chi connectivity index (χ3v) is 2.99. The minimum atomic E-state index is -0.814. The Labute approximate surface area is 129 Å². The Morgan fingerprint density at radius 3 is 2.77 bits per heavy atom. The number of terminal acetylenes is 1. The van der Waals surface area contributed by atoms with Gasteiger partial charge in [-0.1, -0.05) is 13.3 Å². The molecular formula is C16H19NO5. The van der Waals surface area contributed by atoms with Crippen LogP contribution in [0.15, 0.2) is 6.20 Å². The molecule has 1 aromatic heterocycles. The number of pyridine rings is 1. The molecule has 0 saturated heterocycles. The number of hydrogen-bond donors (Lipinski definition) is 1. The van der Waals surface area contributed by atoms with E-state index >= 15 is 0 Å². The number of carbonyl (C=O) groups is 2. The van der Waals surface area contributed by atoms with Gasteiger partial charge < -0.3 is 14.6 Å². The molecule has 0 atom stereocenters. The number of aliphatic hydroxyl groups is 1. The summed E-state index contributed by atoms with van der Waals surface area (Å²) < 4.78 is 10.1. The first-order valence-electron chi connectivity index (χ1n) is 6.95. The Balaban J connectivity index is 2.98. The summed E-state index contributed by atoms with van der Waals surface area (Å²) in [5.74, 6) is 0.827. The third-order valence-electron chi connectivity index (χ3n) is 2.99. The van der Waals surface area contributed by atoms with Crippen molar-refractivity contribution in [2.24, 2.45) is 0 Å². The van der Waals surface area contributed by atoms with Crippen molar-refractivity contribution in [2.75, 3.05) is 0 Å². The van der Waals surface area contributed by atoms with E-state index in [1.807, 2.05) is 12.8 Å². The second kappa shape index (κ2) is 8.80. The lowest BCUT2D eigenvalue weighted by Crippen LogP contribution is -2.13. The van der Waals surface area contributed by atoms with Crippen LogP contribution >= 0.6 is 0 Å². The lowest BCUT2D eigenvalue weighted by molar-refractivity contribution is -0.138. The zero-order valence-electron chi connectivity index (χ0n) is 12.7. The van der Waals surface area contributed by atoms with Crippen LogP contribution in [0.5, 0.6) is 5.75 Å². The normalized spacial score (nSPS) is 9.91. The Bertz CT molecular complexity index is 589. The molecule has 0 radical (unpaired) electrons. The number of nitrogens with zero attached hydrogens (tertiary/aromatic N) is 1. The van der Waals surface area contributed by atoms with E-state index in [1.165, 1.54) is 6.20 Å². The van der Waals surface area contributed by atoms with Gasteiger partial charge in [-0.15, -0.1) is 6.42 Å². The molecular weight excluding hydrogens is 286 g/mol. The largest absolute Gasteiger partial charge is 0.451 e. The standard InChI is InChI=1S/C16H19NO5/c1-4-6-7-15(20)22-16-11(3)17-8-12(13(16)9-18)10-21-14(19)5-2/h2,8,18H,4,6-7,9-10H2,1,3H3. The Kier molecular flexibility index (Phi) is 7.06. The van der Waals surface area contributed by atoms with E-state index in [0.717, 1.165) is 12.8 Å². The highest BCUT2D eigenvalue weighted by atomic mass is 16.5. The Hall–Kier alpha value is -2.39.